The van der Waals surface area contributed by atoms with Crippen LogP contribution in [0.2, 0.25) is 0 Å². The molecule has 1 unspecified atom stereocenters. The Morgan fingerprint density at radius 2 is 1.83 bits per heavy atom. The average molecular weight is 253 g/mol. The SMILES string of the molecule is CSc1cc(C#N)ccc1C(C)c1ccccc1. The standard InChI is InChI=1S/C16H15NS/c1-12(14-6-4-3-5-7-14)15-9-8-13(11-17)10-16(15)18-2/h3-10,12H,1-2H3. The molecule has 0 saturated carbocycles. The molecule has 0 N–H and O–H groups in total. The van der Waals surface area contributed by atoms with Crippen LogP contribution in [0.5, 0.6) is 0 Å². The maximum Gasteiger partial charge on any atom is 0.0992 e. The van der Waals surface area contributed by atoms with Crippen molar-refractivity contribution in [1.29, 1.82) is 5.26 Å². The molecule has 0 saturated heterocycles. The summed E-state index contributed by atoms with van der Waals surface area (Å²) in [6.45, 7) is 2.20. The van der Waals surface area contributed by atoms with Gasteiger partial charge < -0.3 is 0 Å². The molecule has 2 heteroatoms. The van der Waals surface area contributed by atoms with Crippen LogP contribution in [0, 0.1) is 11.3 Å². The number of benzene rings is 2. The third-order valence-corrected chi connectivity index (χ3v) is 3.92. The molecule has 0 heterocycles. The first-order chi connectivity index (χ1) is 8.76. The zero-order valence-electron chi connectivity index (χ0n) is 10.6. The lowest BCUT2D eigenvalue weighted by Gasteiger charge is -2.16. The van der Waals surface area contributed by atoms with Gasteiger partial charge in [-0.25, -0.2) is 0 Å². The summed E-state index contributed by atoms with van der Waals surface area (Å²) in [6, 6.07) is 18.6. The van der Waals surface area contributed by atoms with Crippen molar-refractivity contribution in [2.45, 2.75) is 17.7 Å². The molecule has 0 fully saturated rings. The minimum absolute atomic E-state index is 0.349. The summed E-state index contributed by atoms with van der Waals surface area (Å²) in [5, 5.41) is 8.94. The fourth-order valence-electron chi connectivity index (χ4n) is 2.06. The summed E-state index contributed by atoms with van der Waals surface area (Å²) in [7, 11) is 0. The van der Waals surface area contributed by atoms with Crippen LogP contribution in [0.25, 0.3) is 0 Å². The van der Waals surface area contributed by atoms with E-state index in [1.54, 1.807) is 11.8 Å². The van der Waals surface area contributed by atoms with E-state index in [9.17, 15) is 0 Å². The van der Waals surface area contributed by atoms with Crippen molar-refractivity contribution in [2.75, 3.05) is 6.26 Å². The maximum atomic E-state index is 8.94. The summed E-state index contributed by atoms with van der Waals surface area (Å²) < 4.78 is 0. The maximum absolute atomic E-state index is 8.94. The zero-order chi connectivity index (χ0) is 13.0. The van der Waals surface area contributed by atoms with Gasteiger partial charge in [-0.3, -0.25) is 0 Å². The Morgan fingerprint density at radius 3 is 2.44 bits per heavy atom. The van der Waals surface area contributed by atoms with E-state index >= 15 is 0 Å². The van der Waals surface area contributed by atoms with E-state index in [1.807, 2.05) is 18.2 Å². The van der Waals surface area contributed by atoms with Crippen LogP contribution in [0.15, 0.2) is 53.4 Å². The van der Waals surface area contributed by atoms with Gasteiger partial charge in [0.25, 0.3) is 0 Å². The molecule has 2 aromatic carbocycles. The molecule has 18 heavy (non-hydrogen) atoms. The second-order valence-corrected chi connectivity index (χ2v) is 5.05. The van der Waals surface area contributed by atoms with Crippen molar-refractivity contribution in [1.82, 2.24) is 0 Å². The summed E-state index contributed by atoms with van der Waals surface area (Å²) >= 11 is 1.70. The highest BCUT2D eigenvalue weighted by molar-refractivity contribution is 7.98. The van der Waals surface area contributed by atoms with E-state index in [4.69, 9.17) is 5.26 Å². The van der Waals surface area contributed by atoms with Gasteiger partial charge in [0, 0.05) is 10.8 Å². The Labute approximate surface area is 112 Å². The third kappa shape index (κ3) is 2.57. The molecule has 2 aromatic rings. The molecule has 90 valence electrons. The first-order valence-electron chi connectivity index (χ1n) is 5.89. The number of hydrogen-bond donors (Lipinski definition) is 0. The second-order valence-electron chi connectivity index (χ2n) is 4.20. The lowest BCUT2D eigenvalue weighted by atomic mass is 9.92. The van der Waals surface area contributed by atoms with Gasteiger partial charge in [-0.15, -0.1) is 11.8 Å². The first kappa shape index (κ1) is 12.7. The minimum atomic E-state index is 0.349. The lowest BCUT2D eigenvalue weighted by molar-refractivity contribution is 0.894. The third-order valence-electron chi connectivity index (χ3n) is 3.13. The Balaban J connectivity index is 2.42. The molecule has 1 nitrogen and oxygen atoms in total. The molecular weight excluding hydrogens is 238 g/mol. The molecular formula is C16H15NS. The summed E-state index contributed by atoms with van der Waals surface area (Å²) in [5.41, 5.74) is 3.31. The topological polar surface area (TPSA) is 23.8 Å². The fraction of sp³-hybridized carbons (Fsp3) is 0.188. The Morgan fingerprint density at radius 1 is 1.11 bits per heavy atom. The zero-order valence-corrected chi connectivity index (χ0v) is 11.4. The van der Waals surface area contributed by atoms with Crippen LogP contribution in [0.1, 0.15) is 29.5 Å². The lowest BCUT2D eigenvalue weighted by Crippen LogP contribution is -1.98. The fourth-order valence-corrected chi connectivity index (χ4v) is 2.79. The van der Waals surface area contributed by atoms with Crippen molar-refractivity contribution in [3.63, 3.8) is 0 Å². The highest BCUT2D eigenvalue weighted by Gasteiger charge is 2.12. The second kappa shape index (κ2) is 5.75. The normalized spacial score (nSPS) is 11.8. The van der Waals surface area contributed by atoms with E-state index in [2.05, 4.69) is 49.6 Å². The summed E-state index contributed by atoms with van der Waals surface area (Å²) in [5.74, 6) is 0.349. The van der Waals surface area contributed by atoms with E-state index < -0.39 is 0 Å². The average Bonchev–Trinajstić information content (AvgIpc) is 2.46. The van der Waals surface area contributed by atoms with E-state index in [1.165, 1.54) is 16.0 Å². The predicted octanol–water partition coefficient (Wildman–Crippen LogP) is 4.43. The molecule has 0 spiro atoms. The summed E-state index contributed by atoms with van der Waals surface area (Å²) in [6.07, 6.45) is 2.05. The van der Waals surface area contributed by atoms with Gasteiger partial charge in [0.1, 0.15) is 0 Å². The van der Waals surface area contributed by atoms with Crippen molar-refractivity contribution >= 4 is 11.8 Å². The Bertz CT molecular complexity index is 569. The van der Waals surface area contributed by atoms with Crippen molar-refractivity contribution in [3.8, 4) is 6.07 Å². The van der Waals surface area contributed by atoms with Gasteiger partial charge in [-0.05, 0) is 29.5 Å². The Hall–Kier alpha value is -1.72. The number of thioether (sulfide) groups is 1. The number of rotatable bonds is 3. The number of nitrogens with zero attached hydrogens (tertiary/aromatic N) is 1. The molecule has 0 bridgehead atoms. The largest absolute Gasteiger partial charge is 0.192 e. The summed E-state index contributed by atoms with van der Waals surface area (Å²) in [4.78, 5) is 1.19. The predicted molar refractivity (Wildman–Crippen MR) is 76.9 cm³/mol. The van der Waals surface area contributed by atoms with E-state index in [-0.39, 0.29) is 0 Å². The van der Waals surface area contributed by atoms with Gasteiger partial charge in [0.2, 0.25) is 0 Å². The van der Waals surface area contributed by atoms with Crippen molar-refractivity contribution in [3.05, 3.63) is 65.2 Å². The van der Waals surface area contributed by atoms with Crippen LogP contribution < -0.4 is 0 Å². The Kier molecular flexibility index (Phi) is 4.07. The molecule has 2 rings (SSSR count). The highest BCUT2D eigenvalue weighted by Crippen LogP contribution is 2.32. The number of nitriles is 1. The van der Waals surface area contributed by atoms with E-state index in [0.29, 0.717) is 5.92 Å². The van der Waals surface area contributed by atoms with Crippen LogP contribution in [0.4, 0.5) is 0 Å². The molecule has 0 aliphatic heterocycles. The van der Waals surface area contributed by atoms with Gasteiger partial charge in [0.15, 0.2) is 0 Å². The van der Waals surface area contributed by atoms with Gasteiger partial charge in [-0.2, -0.15) is 5.26 Å². The molecule has 0 aliphatic rings. The van der Waals surface area contributed by atoms with Crippen LogP contribution >= 0.6 is 11.8 Å². The molecule has 0 radical (unpaired) electrons. The molecule has 0 aromatic heterocycles. The van der Waals surface area contributed by atoms with Crippen molar-refractivity contribution < 1.29 is 0 Å². The first-order valence-corrected chi connectivity index (χ1v) is 7.11. The molecule has 0 amide bonds. The van der Waals surface area contributed by atoms with Crippen LogP contribution in [-0.2, 0) is 0 Å². The van der Waals surface area contributed by atoms with Crippen LogP contribution in [-0.4, -0.2) is 6.26 Å². The number of hydrogen-bond acceptors (Lipinski definition) is 2. The van der Waals surface area contributed by atoms with Gasteiger partial charge in [0.05, 0.1) is 11.6 Å². The van der Waals surface area contributed by atoms with Gasteiger partial charge >= 0.3 is 0 Å². The molecule has 0 aliphatic carbocycles. The quantitative estimate of drug-likeness (QED) is 0.755. The monoisotopic (exact) mass is 253 g/mol. The van der Waals surface area contributed by atoms with E-state index in [0.717, 1.165) is 5.56 Å². The smallest absolute Gasteiger partial charge is 0.0992 e. The van der Waals surface area contributed by atoms with Crippen molar-refractivity contribution in [2.24, 2.45) is 0 Å². The van der Waals surface area contributed by atoms with Crippen LogP contribution in [0.3, 0.4) is 0 Å². The van der Waals surface area contributed by atoms with Gasteiger partial charge in [-0.1, -0.05) is 43.3 Å². The highest BCUT2D eigenvalue weighted by atomic mass is 32.2. The minimum Gasteiger partial charge on any atom is -0.192 e. The molecule has 1 atom stereocenters.